The molecule has 0 aliphatic heterocycles. The third kappa shape index (κ3) is 2.53. The number of hydrogen-bond donors (Lipinski definition) is 1. The molecule has 1 heterocycles. The van der Waals surface area contributed by atoms with E-state index < -0.39 is 5.97 Å². The predicted octanol–water partition coefficient (Wildman–Crippen LogP) is 3.52. The standard InChI is InChI=1S/C13H10BrNO2/c1-8-6-9(13(16)17)2-4-11(8)12-5-3-10(14)7-15-12/h2-7H,1H3,(H,16,17). The van der Waals surface area contributed by atoms with Gasteiger partial charge >= 0.3 is 5.97 Å². The number of carboxylic acids is 1. The van der Waals surface area contributed by atoms with Crippen LogP contribution in [0.3, 0.4) is 0 Å². The summed E-state index contributed by atoms with van der Waals surface area (Å²) in [5, 5.41) is 8.89. The highest BCUT2D eigenvalue weighted by Gasteiger charge is 2.07. The van der Waals surface area contributed by atoms with Crippen molar-refractivity contribution in [3.05, 3.63) is 52.1 Å². The Hall–Kier alpha value is -1.68. The van der Waals surface area contributed by atoms with Gasteiger partial charge in [-0.2, -0.15) is 0 Å². The fraction of sp³-hybridized carbons (Fsp3) is 0.0769. The Kier molecular flexibility index (Phi) is 3.24. The van der Waals surface area contributed by atoms with Gasteiger partial charge in [-0.25, -0.2) is 4.79 Å². The molecule has 0 atom stereocenters. The van der Waals surface area contributed by atoms with Crippen molar-refractivity contribution in [2.24, 2.45) is 0 Å². The summed E-state index contributed by atoms with van der Waals surface area (Å²) in [4.78, 5) is 15.1. The third-order valence-electron chi connectivity index (χ3n) is 2.48. The van der Waals surface area contributed by atoms with Crippen molar-refractivity contribution in [3.63, 3.8) is 0 Å². The average molecular weight is 292 g/mol. The summed E-state index contributed by atoms with van der Waals surface area (Å²) in [6.45, 7) is 1.88. The van der Waals surface area contributed by atoms with E-state index in [1.807, 2.05) is 19.1 Å². The molecule has 86 valence electrons. The number of carboxylic acid groups (broad SMARTS) is 1. The summed E-state index contributed by atoms with van der Waals surface area (Å²) in [6.07, 6.45) is 1.72. The van der Waals surface area contributed by atoms with Crippen LogP contribution in [0.15, 0.2) is 41.0 Å². The lowest BCUT2D eigenvalue weighted by atomic mass is 10.0. The molecule has 0 bridgehead atoms. The molecular weight excluding hydrogens is 282 g/mol. The molecule has 1 aromatic carbocycles. The first-order chi connectivity index (χ1) is 8.08. The fourth-order valence-electron chi connectivity index (χ4n) is 1.62. The van der Waals surface area contributed by atoms with Gasteiger partial charge in [-0.3, -0.25) is 4.98 Å². The van der Waals surface area contributed by atoms with Gasteiger partial charge < -0.3 is 5.11 Å². The molecule has 2 rings (SSSR count). The molecule has 3 nitrogen and oxygen atoms in total. The van der Waals surface area contributed by atoms with Crippen LogP contribution in [0.25, 0.3) is 11.3 Å². The molecule has 2 aromatic rings. The minimum Gasteiger partial charge on any atom is -0.478 e. The number of carbonyl (C=O) groups is 1. The van der Waals surface area contributed by atoms with Crippen LogP contribution >= 0.6 is 15.9 Å². The van der Waals surface area contributed by atoms with E-state index in [2.05, 4.69) is 20.9 Å². The predicted molar refractivity (Wildman–Crippen MR) is 69.1 cm³/mol. The zero-order valence-electron chi connectivity index (χ0n) is 9.14. The van der Waals surface area contributed by atoms with Crippen LogP contribution in [0.5, 0.6) is 0 Å². The molecule has 0 fully saturated rings. The SMILES string of the molecule is Cc1cc(C(=O)O)ccc1-c1ccc(Br)cn1. The van der Waals surface area contributed by atoms with Crippen molar-refractivity contribution < 1.29 is 9.90 Å². The zero-order valence-corrected chi connectivity index (χ0v) is 10.7. The van der Waals surface area contributed by atoms with Crippen molar-refractivity contribution in [1.82, 2.24) is 4.98 Å². The van der Waals surface area contributed by atoms with Gasteiger partial charge in [0.05, 0.1) is 11.3 Å². The maximum Gasteiger partial charge on any atom is 0.335 e. The van der Waals surface area contributed by atoms with Gasteiger partial charge in [0, 0.05) is 16.2 Å². The lowest BCUT2D eigenvalue weighted by Gasteiger charge is -2.06. The minimum atomic E-state index is -0.914. The Balaban J connectivity index is 2.46. The quantitative estimate of drug-likeness (QED) is 0.921. The van der Waals surface area contributed by atoms with Crippen molar-refractivity contribution >= 4 is 21.9 Å². The zero-order chi connectivity index (χ0) is 12.4. The number of benzene rings is 1. The van der Waals surface area contributed by atoms with Gasteiger partial charge in [0.2, 0.25) is 0 Å². The average Bonchev–Trinajstić information content (AvgIpc) is 2.30. The molecule has 0 saturated carbocycles. The lowest BCUT2D eigenvalue weighted by molar-refractivity contribution is 0.0697. The van der Waals surface area contributed by atoms with Crippen molar-refractivity contribution in [3.8, 4) is 11.3 Å². The second-order valence-electron chi connectivity index (χ2n) is 3.70. The number of hydrogen-bond acceptors (Lipinski definition) is 2. The molecule has 0 spiro atoms. The number of rotatable bonds is 2. The molecular formula is C13H10BrNO2. The van der Waals surface area contributed by atoms with E-state index in [1.54, 1.807) is 24.4 Å². The second kappa shape index (κ2) is 4.67. The van der Waals surface area contributed by atoms with Gasteiger partial charge in [0.25, 0.3) is 0 Å². The summed E-state index contributed by atoms with van der Waals surface area (Å²) >= 11 is 3.33. The van der Waals surface area contributed by atoms with E-state index in [1.165, 1.54) is 0 Å². The first-order valence-corrected chi connectivity index (χ1v) is 5.83. The Morgan fingerprint density at radius 1 is 1.29 bits per heavy atom. The lowest BCUT2D eigenvalue weighted by Crippen LogP contribution is -1.97. The van der Waals surface area contributed by atoms with Gasteiger partial charge in [0.1, 0.15) is 0 Å². The normalized spacial score (nSPS) is 10.2. The maximum atomic E-state index is 10.8. The summed E-state index contributed by atoms with van der Waals surface area (Å²) in [7, 11) is 0. The first kappa shape index (κ1) is 11.8. The number of aromatic nitrogens is 1. The highest BCUT2D eigenvalue weighted by molar-refractivity contribution is 9.10. The van der Waals surface area contributed by atoms with E-state index in [4.69, 9.17) is 5.11 Å². The topological polar surface area (TPSA) is 50.2 Å². The van der Waals surface area contributed by atoms with Crippen molar-refractivity contribution in [2.75, 3.05) is 0 Å². The van der Waals surface area contributed by atoms with Crippen LogP contribution in [-0.4, -0.2) is 16.1 Å². The smallest absolute Gasteiger partial charge is 0.335 e. The van der Waals surface area contributed by atoms with Crippen LogP contribution in [0.1, 0.15) is 15.9 Å². The van der Waals surface area contributed by atoms with Gasteiger partial charge in [-0.15, -0.1) is 0 Å². The Labute approximate surface area is 107 Å². The van der Waals surface area contributed by atoms with Crippen LogP contribution in [0.2, 0.25) is 0 Å². The van der Waals surface area contributed by atoms with Gasteiger partial charge in [-0.05, 0) is 52.7 Å². The maximum absolute atomic E-state index is 10.8. The van der Waals surface area contributed by atoms with E-state index in [0.717, 1.165) is 21.3 Å². The molecule has 17 heavy (non-hydrogen) atoms. The largest absolute Gasteiger partial charge is 0.478 e. The number of aromatic carboxylic acids is 1. The summed E-state index contributed by atoms with van der Waals surface area (Å²) < 4.78 is 0.918. The third-order valence-corrected chi connectivity index (χ3v) is 2.95. The molecule has 0 aliphatic carbocycles. The first-order valence-electron chi connectivity index (χ1n) is 5.04. The Bertz CT molecular complexity index is 564. The van der Waals surface area contributed by atoms with Gasteiger partial charge in [0.15, 0.2) is 0 Å². The summed E-state index contributed by atoms with van der Waals surface area (Å²) in [5.41, 5.74) is 2.98. The second-order valence-corrected chi connectivity index (χ2v) is 4.61. The number of halogens is 1. The molecule has 0 saturated heterocycles. The van der Waals surface area contributed by atoms with Gasteiger partial charge in [-0.1, -0.05) is 6.07 Å². The Morgan fingerprint density at radius 3 is 2.59 bits per heavy atom. The van der Waals surface area contributed by atoms with E-state index in [-0.39, 0.29) is 0 Å². The molecule has 0 amide bonds. The highest BCUT2D eigenvalue weighted by atomic mass is 79.9. The van der Waals surface area contributed by atoms with Crippen LogP contribution in [-0.2, 0) is 0 Å². The van der Waals surface area contributed by atoms with Crippen LogP contribution in [0, 0.1) is 6.92 Å². The van der Waals surface area contributed by atoms with Crippen molar-refractivity contribution in [2.45, 2.75) is 6.92 Å². The van der Waals surface area contributed by atoms with Crippen LogP contribution < -0.4 is 0 Å². The summed E-state index contributed by atoms with van der Waals surface area (Å²) in [5.74, 6) is -0.914. The monoisotopic (exact) mass is 291 g/mol. The highest BCUT2D eigenvalue weighted by Crippen LogP contribution is 2.23. The Morgan fingerprint density at radius 2 is 2.06 bits per heavy atom. The summed E-state index contributed by atoms with van der Waals surface area (Å²) in [6, 6.07) is 8.84. The number of nitrogens with zero attached hydrogens (tertiary/aromatic N) is 1. The molecule has 1 N–H and O–H groups in total. The van der Waals surface area contributed by atoms with E-state index >= 15 is 0 Å². The fourth-order valence-corrected chi connectivity index (χ4v) is 1.85. The molecule has 0 radical (unpaired) electrons. The molecule has 0 aliphatic rings. The molecule has 0 unspecified atom stereocenters. The molecule has 4 heteroatoms. The van der Waals surface area contributed by atoms with E-state index in [9.17, 15) is 4.79 Å². The minimum absolute atomic E-state index is 0.295. The number of pyridine rings is 1. The van der Waals surface area contributed by atoms with Crippen molar-refractivity contribution in [1.29, 1.82) is 0 Å². The van der Waals surface area contributed by atoms with Crippen LogP contribution in [0.4, 0.5) is 0 Å². The van der Waals surface area contributed by atoms with E-state index in [0.29, 0.717) is 5.56 Å². The molecule has 1 aromatic heterocycles. The number of aryl methyl sites for hydroxylation is 1.